The zero-order chi connectivity index (χ0) is 30.1. The van der Waals surface area contributed by atoms with Gasteiger partial charge < -0.3 is 4.90 Å². The van der Waals surface area contributed by atoms with E-state index in [0.717, 1.165) is 49.9 Å². The highest BCUT2D eigenvalue weighted by atomic mass is 35.5. The van der Waals surface area contributed by atoms with Gasteiger partial charge in [0.25, 0.3) is 11.4 Å². The van der Waals surface area contributed by atoms with Gasteiger partial charge in [-0.25, -0.2) is 0 Å². The third-order valence-electron chi connectivity index (χ3n) is 8.52. The molecule has 240 valence electrons. The first-order chi connectivity index (χ1) is 19.1. The lowest BCUT2D eigenvalue weighted by Crippen LogP contribution is -2.28. The lowest BCUT2D eigenvalue weighted by atomic mass is 10.0. The molecule has 6 rings (SSSR count). The summed E-state index contributed by atoms with van der Waals surface area (Å²) in [7, 11) is 0. The molecule has 2 heterocycles. The fraction of sp³-hybridized carbons (Fsp3) is 0.586. The summed E-state index contributed by atoms with van der Waals surface area (Å²) in [4.78, 5) is 21.0. The summed E-state index contributed by atoms with van der Waals surface area (Å²) in [6.07, 6.45) is 2.38. The Labute approximate surface area is 252 Å². The maximum absolute atomic E-state index is 13.0. The van der Waals surface area contributed by atoms with Crippen molar-refractivity contribution in [2.75, 3.05) is 4.90 Å². The average Bonchev–Trinajstić information content (AvgIpc) is 3.71. The van der Waals surface area contributed by atoms with E-state index in [1.165, 1.54) is 30.9 Å². The maximum atomic E-state index is 13.0. The molecule has 4 bridgehead atoms. The number of nitro benzene ring substituents is 2. The third kappa shape index (κ3) is 8.51. The van der Waals surface area contributed by atoms with Crippen LogP contribution in [-0.4, -0.2) is 21.9 Å². The fourth-order valence-corrected chi connectivity index (χ4v) is 6.62. The van der Waals surface area contributed by atoms with E-state index < -0.39 is 44.7 Å². The van der Waals surface area contributed by atoms with E-state index in [9.17, 15) is 46.6 Å². The van der Waals surface area contributed by atoms with Gasteiger partial charge in [-0.2, -0.15) is 26.3 Å². The summed E-state index contributed by atoms with van der Waals surface area (Å²) in [5.74, 6) is 2.34. The highest BCUT2D eigenvalue weighted by Crippen LogP contribution is 2.45. The van der Waals surface area contributed by atoms with Crippen molar-refractivity contribution in [2.45, 2.75) is 96.6 Å². The van der Waals surface area contributed by atoms with E-state index in [1.807, 2.05) is 4.90 Å². The largest absolute Gasteiger partial charge is 0.423 e. The van der Waals surface area contributed by atoms with Gasteiger partial charge in [-0.15, -0.1) is 12.4 Å². The Morgan fingerprint density at radius 3 is 1.44 bits per heavy atom. The molecular weight excluding hydrogens is 604 g/mol. The number of alkyl halides is 6. The van der Waals surface area contributed by atoms with Crippen LogP contribution in [0.5, 0.6) is 0 Å². The Morgan fingerprint density at radius 1 is 0.698 bits per heavy atom. The van der Waals surface area contributed by atoms with E-state index in [-0.39, 0.29) is 31.9 Å². The van der Waals surface area contributed by atoms with Crippen LogP contribution in [0.25, 0.3) is 0 Å². The molecule has 7 nitrogen and oxygen atoms in total. The van der Waals surface area contributed by atoms with Crippen molar-refractivity contribution in [3.8, 4) is 0 Å². The van der Waals surface area contributed by atoms with E-state index in [2.05, 4.69) is 0 Å². The van der Waals surface area contributed by atoms with Crippen molar-refractivity contribution in [1.29, 1.82) is 0 Å². The molecule has 0 aromatic heterocycles. The first-order valence-corrected chi connectivity index (χ1v) is 13.6. The molecule has 14 heteroatoms. The minimum atomic E-state index is -4.71. The van der Waals surface area contributed by atoms with Gasteiger partial charge in [0.1, 0.15) is 11.1 Å². The number of hydrogen-bond acceptors (Lipinski definition) is 5. The highest BCUT2D eigenvalue weighted by molar-refractivity contribution is 5.85. The topological polar surface area (TPSA) is 89.5 Å². The second-order valence-electron chi connectivity index (χ2n) is 11.2. The zero-order valence-corrected chi connectivity index (χ0v) is 23.6. The van der Waals surface area contributed by atoms with Crippen molar-refractivity contribution in [3.63, 3.8) is 0 Å². The van der Waals surface area contributed by atoms with Crippen LogP contribution in [0.15, 0.2) is 36.4 Å². The molecule has 0 radical (unpaired) electrons. The van der Waals surface area contributed by atoms with Gasteiger partial charge in [0.15, 0.2) is 0 Å². The molecule has 0 N–H and O–H groups in total. The number of fused-ring (bicyclic) bond motifs is 4. The number of anilines is 1. The van der Waals surface area contributed by atoms with Crippen LogP contribution < -0.4 is 4.90 Å². The molecule has 2 saturated carbocycles. The summed E-state index contributed by atoms with van der Waals surface area (Å²) >= 11 is 0. The molecule has 2 aliphatic carbocycles. The number of aryl methyl sites for hydroxylation is 1. The highest BCUT2D eigenvalue weighted by Gasteiger charge is 2.43. The Balaban J connectivity index is 0.000000244. The zero-order valence-electron chi connectivity index (χ0n) is 22.8. The van der Waals surface area contributed by atoms with Gasteiger partial charge >= 0.3 is 12.4 Å². The van der Waals surface area contributed by atoms with Gasteiger partial charge in [-0.3, -0.25) is 20.2 Å². The predicted molar refractivity (Wildman–Crippen MR) is 154 cm³/mol. The molecule has 0 atom stereocenters. The monoisotopic (exact) mass is 639 g/mol. The van der Waals surface area contributed by atoms with Crippen LogP contribution in [0.4, 0.5) is 43.4 Å². The van der Waals surface area contributed by atoms with Crippen LogP contribution >= 0.6 is 12.4 Å². The number of nitro groups is 2. The average molecular weight is 640 g/mol. The summed E-state index contributed by atoms with van der Waals surface area (Å²) in [6.45, 7) is 1.44. The van der Waals surface area contributed by atoms with Crippen LogP contribution in [0.3, 0.4) is 0 Å². The van der Waals surface area contributed by atoms with Crippen molar-refractivity contribution in [3.05, 3.63) is 73.3 Å². The molecule has 4 fully saturated rings. The quantitative estimate of drug-likeness (QED) is 0.189. The van der Waals surface area contributed by atoms with E-state index in [4.69, 9.17) is 0 Å². The standard InChI is InChI=1S/C13H13F3N2O2.C8H6F3NO2.C7H12.CH4.ClH/c14-13(15,16)11-7-10(5-6-12(11)18(19)20)17-8-1-2-9(17)4-3-8;1-5-2-3-7(12(13)14)6(4-5)8(9,10)11;1-2-7-4-3-6(1)5-7;;/h5-9H,1-4H2;2-4H,1H3;6-7H,1-5H2;1H4;1H. The maximum Gasteiger partial charge on any atom is 0.423 e. The third-order valence-corrected chi connectivity index (χ3v) is 8.52. The number of nitrogens with zero attached hydrogens (tertiary/aromatic N) is 3. The normalized spacial score (nSPS) is 23.3. The summed E-state index contributed by atoms with van der Waals surface area (Å²) < 4.78 is 75.7. The van der Waals surface area contributed by atoms with Crippen LogP contribution in [0.1, 0.15) is 81.9 Å². The first kappa shape index (κ1) is 36.1. The Kier molecular flexibility index (Phi) is 11.9. The van der Waals surface area contributed by atoms with Gasteiger partial charge in [0.05, 0.1) is 9.85 Å². The lowest BCUT2D eigenvalue weighted by Gasteiger charge is -2.25. The van der Waals surface area contributed by atoms with Gasteiger partial charge in [-0.1, -0.05) is 44.7 Å². The molecule has 2 aromatic carbocycles. The summed E-state index contributed by atoms with van der Waals surface area (Å²) in [5.41, 5.74) is -3.37. The van der Waals surface area contributed by atoms with Gasteiger partial charge in [0.2, 0.25) is 0 Å². The SMILES string of the molecule is C.C1CC2CCC1C2.Cc1ccc([N+](=O)[O-])c(C(F)(F)F)c1.Cl.O=[N+]([O-])c1ccc(N2C3CCC2CC3)cc1C(F)(F)F. The molecular formula is C29H36ClF6N3O4. The minimum Gasteiger partial charge on any atom is -0.366 e. The molecule has 2 aliphatic heterocycles. The van der Waals surface area contributed by atoms with Crippen molar-refractivity contribution in [2.24, 2.45) is 11.8 Å². The summed E-state index contributed by atoms with van der Waals surface area (Å²) in [6, 6.07) is 6.78. The lowest BCUT2D eigenvalue weighted by molar-refractivity contribution is -0.388. The van der Waals surface area contributed by atoms with Gasteiger partial charge in [0, 0.05) is 29.9 Å². The smallest absolute Gasteiger partial charge is 0.366 e. The van der Waals surface area contributed by atoms with Crippen LogP contribution in [-0.2, 0) is 12.4 Å². The second-order valence-corrected chi connectivity index (χ2v) is 11.2. The molecule has 2 saturated heterocycles. The fourth-order valence-electron chi connectivity index (χ4n) is 6.62. The van der Waals surface area contributed by atoms with Gasteiger partial charge in [-0.05, 0) is 69.1 Å². The molecule has 43 heavy (non-hydrogen) atoms. The number of hydrogen-bond donors (Lipinski definition) is 0. The Hall–Kier alpha value is -3.09. The molecule has 0 unspecified atom stereocenters. The molecule has 0 spiro atoms. The van der Waals surface area contributed by atoms with Crippen LogP contribution in [0.2, 0.25) is 0 Å². The molecule has 2 aromatic rings. The van der Waals surface area contributed by atoms with Crippen LogP contribution in [0, 0.1) is 39.0 Å². The summed E-state index contributed by atoms with van der Waals surface area (Å²) in [5, 5.41) is 21.0. The van der Waals surface area contributed by atoms with Crippen molar-refractivity contribution >= 4 is 29.5 Å². The number of benzene rings is 2. The Morgan fingerprint density at radius 2 is 1.09 bits per heavy atom. The van der Waals surface area contributed by atoms with E-state index >= 15 is 0 Å². The molecule has 0 amide bonds. The molecule has 4 aliphatic rings. The first-order valence-electron chi connectivity index (χ1n) is 13.6. The number of rotatable bonds is 3. The van der Waals surface area contributed by atoms with E-state index in [0.29, 0.717) is 11.3 Å². The second kappa shape index (κ2) is 14.1. The van der Waals surface area contributed by atoms with Crippen molar-refractivity contribution < 1.29 is 36.2 Å². The predicted octanol–water partition coefficient (Wildman–Crippen LogP) is 9.92. The Bertz CT molecular complexity index is 1250. The van der Waals surface area contributed by atoms with E-state index in [1.54, 1.807) is 32.1 Å². The van der Waals surface area contributed by atoms with Crippen molar-refractivity contribution in [1.82, 2.24) is 0 Å². The number of halogens is 7. The minimum absolute atomic E-state index is 0.